The SMILES string of the molecule is Cc1cc2c3c(c1)C(c1ccc(C(C)(C)C)cc1-c1ccccc1)c1cc4c(cc1B3c1cc(C(C)(C)C)ccc1C2c1cc2c(cc1C)C(C)(C)CC2(C)C)C(C)(C)CCC4(C)C. The number of hydrogen-bond acceptors (Lipinski definition) is 0. The fourth-order valence-electron chi connectivity index (χ4n) is 13.4. The molecule has 0 saturated carbocycles. The van der Waals surface area contributed by atoms with E-state index in [-0.39, 0.29) is 51.0 Å². The lowest BCUT2D eigenvalue weighted by Crippen LogP contribution is -2.63. The highest BCUT2D eigenvalue weighted by molar-refractivity contribution is 6.97. The summed E-state index contributed by atoms with van der Waals surface area (Å²) in [6.45, 7) is 39.1. The van der Waals surface area contributed by atoms with E-state index in [1.54, 1.807) is 27.7 Å². The van der Waals surface area contributed by atoms with Crippen molar-refractivity contribution in [3.8, 4) is 11.1 Å². The van der Waals surface area contributed by atoms with Crippen LogP contribution in [0.5, 0.6) is 0 Å². The predicted octanol–water partition coefficient (Wildman–Crippen LogP) is 14.4. The number of benzene rings is 6. The van der Waals surface area contributed by atoms with Gasteiger partial charge in [0.2, 0.25) is 6.71 Å². The summed E-state index contributed by atoms with van der Waals surface area (Å²) in [5.74, 6) is 0.204. The van der Waals surface area contributed by atoms with Crippen molar-refractivity contribution in [1.82, 2.24) is 0 Å². The zero-order chi connectivity index (χ0) is 45.8. The van der Waals surface area contributed by atoms with E-state index in [0.29, 0.717) is 0 Å². The maximum absolute atomic E-state index is 2.75. The minimum absolute atomic E-state index is 0.0152. The quantitative estimate of drug-likeness (QED) is 0.156. The summed E-state index contributed by atoms with van der Waals surface area (Å²) in [5, 5.41) is 0. The van der Waals surface area contributed by atoms with Gasteiger partial charge in [0.15, 0.2) is 0 Å². The fraction of sp³-hybridized carbons (Fsp3) is 0.429. The zero-order valence-corrected chi connectivity index (χ0v) is 42.2. The van der Waals surface area contributed by atoms with Crippen molar-refractivity contribution in [2.75, 3.05) is 0 Å². The molecule has 2 heterocycles. The molecule has 0 nitrogen and oxygen atoms in total. The van der Waals surface area contributed by atoms with E-state index in [1.165, 1.54) is 96.9 Å². The standard InChI is InChI=1S/C63H73B/c1-37-28-47-55(42-24-22-40(58(3,4)5)31-45(42)39-20-18-17-19-21-39)46-34-50-52(61(11,12)27-26-60(50,9)10)35-54(46)64-53-32-41(59(6,7)8)23-25-43(53)56(48(29-37)57(47)64)44-33-51-49(30-38(44)2)62(13,14)36-63(51,15)16/h17-25,28-35,55-56H,26-27,36H2,1-16H3. The van der Waals surface area contributed by atoms with Crippen LogP contribution >= 0.6 is 0 Å². The van der Waals surface area contributed by atoms with Gasteiger partial charge in [-0.15, -0.1) is 0 Å². The molecule has 2 unspecified atom stereocenters. The summed E-state index contributed by atoms with van der Waals surface area (Å²) in [6.07, 6.45) is 3.57. The van der Waals surface area contributed by atoms with Gasteiger partial charge in [0.25, 0.3) is 0 Å². The first-order valence-electron chi connectivity index (χ1n) is 24.6. The summed E-state index contributed by atoms with van der Waals surface area (Å²) in [5.41, 5.74) is 28.4. The van der Waals surface area contributed by atoms with Gasteiger partial charge in [-0.25, -0.2) is 0 Å². The highest BCUT2D eigenvalue weighted by Gasteiger charge is 2.49. The van der Waals surface area contributed by atoms with Gasteiger partial charge in [-0.05, 0) is 149 Å². The average molecular weight is 841 g/mol. The summed E-state index contributed by atoms with van der Waals surface area (Å²) in [7, 11) is 0. The molecule has 2 aliphatic carbocycles. The average Bonchev–Trinajstić information content (AvgIpc) is 3.39. The molecule has 0 aromatic heterocycles. The Morgan fingerprint density at radius 2 is 0.938 bits per heavy atom. The lowest BCUT2D eigenvalue weighted by Gasteiger charge is -2.46. The summed E-state index contributed by atoms with van der Waals surface area (Å²) in [6, 6.07) is 42.4. The molecule has 0 fully saturated rings. The van der Waals surface area contributed by atoms with Crippen molar-refractivity contribution < 1.29 is 0 Å². The molecule has 0 spiro atoms. The van der Waals surface area contributed by atoms with E-state index in [9.17, 15) is 0 Å². The highest BCUT2D eigenvalue weighted by atomic mass is 14.5. The van der Waals surface area contributed by atoms with Crippen molar-refractivity contribution in [3.63, 3.8) is 0 Å². The first-order valence-corrected chi connectivity index (χ1v) is 24.6. The first-order chi connectivity index (χ1) is 29.8. The first kappa shape index (κ1) is 43.3. The Morgan fingerprint density at radius 1 is 0.453 bits per heavy atom. The second kappa shape index (κ2) is 14.0. The highest BCUT2D eigenvalue weighted by Crippen LogP contribution is 2.53. The second-order valence-corrected chi connectivity index (χ2v) is 25.7. The van der Waals surface area contributed by atoms with Crippen molar-refractivity contribution >= 4 is 23.1 Å². The van der Waals surface area contributed by atoms with Crippen LogP contribution in [0.3, 0.4) is 0 Å². The van der Waals surface area contributed by atoms with E-state index >= 15 is 0 Å². The Labute approximate surface area is 387 Å². The van der Waals surface area contributed by atoms with Crippen LogP contribution in [0.1, 0.15) is 206 Å². The lowest BCUT2D eigenvalue weighted by atomic mass is 9.28. The Morgan fingerprint density at radius 3 is 1.53 bits per heavy atom. The van der Waals surface area contributed by atoms with Crippen LogP contribution in [-0.2, 0) is 32.5 Å². The van der Waals surface area contributed by atoms with Crippen LogP contribution in [-0.4, -0.2) is 6.71 Å². The van der Waals surface area contributed by atoms with Gasteiger partial charge < -0.3 is 0 Å². The van der Waals surface area contributed by atoms with Crippen LogP contribution in [0.4, 0.5) is 0 Å². The Balaban J connectivity index is 1.35. The van der Waals surface area contributed by atoms with E-state index < -0.39 is 0 Å². The minimum Gasteiger partial charge on any atom is -0.0642 e. The molecule has 0 N–H and O–H groups in total. The molecule has 10 rings (SSSR count). The van der Waals surface area contributed by atoms with Gasteiger partial charge in [-0.2, -0.15) is 0 Å². The molecule has 2 atom stereocenters. The van der Waals surface area contributed by atoms with Crippen LogP contribution < -0.4 is 16.4 Å². The fourth-order valence-corrected chi connectivity index (χ4v) is 13.4. The zero-order valence-electron chi connectivity index (χ0n) is 42.2. The van der Waals surface area contributed by atoms with Crippen LogP contribution in [0.2, 0.25) is 0 Å². The second-order valence-electron chi connectivity index (χ2n) is 25.7. The number of aryl methyl sites for hydroxylation is 2. The molecule has 6 aromatic carbocycles. The van der Waals surface area contributed by atoms with Crippen LogP contribution in [0.25, 0.3) is 11.1 Å². The van der Waals surface area contributed by atoms with Gasteiger partial charge in [-0.1, -0.05) is 222 Å². The molecule has 0 radical (unpaired) electrons. The molecule has 2 aliphatic heterocycles. The molecule has 0 saturated heterocycles. The van der Waals surface area contributed by atoms with Gasteiger partial charge in [-0.3, -0.25) is 0 Å². The number of rotatable bonds is 3. The molecular weight excluding hydrogens is 768 g/mol. The molecule has 64 heavy (non-hydrogen) atoms. The number of fused-ring (bicyclic) bond motifs is 6. The normalized spacial score (nSPS) is 20.8. The third kappa shape index (κ3) is 6.59. The third-order valence-electron chi connectivity index (χ3n) is 16.9. The lowest BCUT2D eigenvalue weighted by molar-refractivity contribution is 0.332. The Hall–Kier alpha value is -4.62. The van der Waals surface area contributed by atoms with Gasteiger partial charge in [0.1, 0.15) is 0 Å². The van der Waals surface area contributed by atoms with Gasteiger partial charge >= 0.3 is 0 Å². The van der Waals surface area contributed by atoms with Crippen molar-refractivity contribution in [3.05, 3.63) is 181 Å². The molecule has 1 heteroatoms. The molecular formula is C63H73B. The Kier molecular flexibility index (Phi) is 9.44. The monoisotopic (exact) mass is 841 g/mol. The summed E-state index contributed by atoms with van der Waals surface area (Å²) < 4.78 is 0. The van der Waals surface area contributed by atoms with Crippen molar-refractivity contribution in [2.45, 2.75) is 174 Å². The largest absolute Gasteiger partial charge is 0.242 e. The maximum atomic E-state index is 2.75. The van der Waals surface area contributed by atoms with E-state index in [2.05, 4.69) is 214 Å². The van der Waals surface area contributed by atoms with E-state index in [0.717, 1.165) is 0 Å². The predicted molar refractivity (Wildman–Crippen MR) is 277 cm³/mol. The van der Waals surface area contributed by atoms with Gasteiger partial charge in [0.05, 0.1) is 0 Å². The third-order valence-corrected chi connectivity index (χ3v) is 16.9. The minimum atomic E-state index is 0.0152. The van der Waals surface area contributed by atoms with E-state index in [4.69, 9.17) is 0 Å². The Bertz CT molecular complexity index is 2900. The van der Waals surface area contributed by atoms with Crippen molar-refractivity contribution in [2.24, 2.45) is 0 Å². The molecule has 0 bridgehead atoms. The maximum Gasteiger partial charge on any atom is 0.242 e. The van der Waals surface area contributed by atoms with Crippen LogP contribution in [0, 0.1) is 13.8 Å². The summed E-state index contributed by atoms with van der Waals surface area (Å²) >= 11 is 0. The van der Waals surface area contributed by atoms with Crippen LogP contribution in [0.15, 0.2) is 103 Å². The van der Waals surface area contributed by atoms with E-state index in [1.807, 2.05) is 0 Å². The number of hydrogen-bond donors (Lipinski definition) is 0. The molecule has 6 aromatic rings. The molecule has 0 amide bonds. The molecule has 328 valence electrons. The van der Waals surface area contributed by atoms with Crippen molar-refractivity contribution in [1.29, 1.82) is 0 Å². The summed E-state index contributed by atoms with van der Waals surface area (Å²) in [4.78, 5) is 0. The smallest absolute Gasteiger partial charge is 0.0642 e. The topological polar surface area (TPSA) is 0 Å². The van der Waals surface area contributed by atoms with Gasteiger partial charge in [0, 0.05) is 11.8 Å². The molecule has 4 aliphatic rings.